The number of benzene rings is 1. The van der Waals surface area contributed by atoms with Crippen molar-refractivity contribution in [2.45, 2.75) is 51.7 Å². The third-order valence-electron chi connectivity index (χ3n) is 6.88. The summed E-state index contributed by atoms with van der Waals surface area (Å²) in [6.07, 6.45) is 3.84. The molecule has 1 aromatic carbocycles. The largest absolute Gasteiger partial charge is 0.497 e. The van der Waals surface area contributed by atoms with Crippen LogP contribution in [0.4, 0.5) is 11.8 Å². The van der Waals surface area contributed by atoms with Crippen LogP contribution in [0.2, 0.25) is 0 Å². The summed E-state index contributed by atoms with van der Waals surface area (Å²) < 4.78 is 7.29. The summed E-state index contributed by atoms with van der Waals surface area (Å²) in [5, 5.41) is 0. The Hall–Kier alpha value is -3.51. The van der Waals surface area contributed by atoms with Crippen LogP contribution in [-0.4, -0.2) is 65.6 Å². The van der Waals surface area contributed by atoms with Crippen LogP contribution in [0.1, 0.15) is 48.7 Å². The first-order chi connectivity index (χ1) is 17.1. The van der Waals surface area contributed by atoms with E-state index in [-0.39, 0.29) is 11.9 Å². The van der Waals surface area contributed by atoms with Gasteiger partial charge < -0.3 is 15.4 Å². The number of nitrogens with two attached hydrogens (primary N) is 1. The number of hydrogen-bond donors (Lipinski definition) is 1. The average molecular weight is 476 g/mol. The molecule has 2 N–H and O–H groups in total. The van der Waals surface area contributed by atoms with Gasteiger partial charge in [0.05, 0.1) is 20.2 Å². The number of imidazole rings is 1. The third-order valence-corrected chi connectivity index (χ3v) is 6.88. The van der Waals surface area contributed by atoms with Crippen molar-refractivity contribution in [3.8, 4) is 17.6 Å². The minimum absolute atomic E-state index is 0.0871. The maximum atomic E-state index is 14.0. The summed E-state index contributed by atoms with van der Waals surface area (Å²) in [5.74, 6) is 9.03. The number of hydrogen-bond acceptors (Lipinski definition) is 7. The summed E-state index contributed by atoms with van der Waals surface area (Å²) in [7, 11) is 1.65. The summed E-state index contributed by atoms with van der Waals surface area (Å²) in [6, 6.07) is 8.01. The number of fused-ring (bicyclic) bond motifs is 3. The second-order valence-corrected chi connectivity index (χ2v) is 9.20. The maximum Gasteiger partial charge on any atom is 0.281 e. The molecule has 5 rings (SSSR count). The van der Waals surface area contributed by atoms with Gasteiger partial charge in [-0.25, -0.2) is 0 Å². The molecule has 1 fully saturated rings. The van der Waals surface area contributed by atoms with Crippen LogP contribution in [0.3, 0.4) is 0 Å². The minimum atomic E-state index is -0.0871. The standard InChI is InChI=1S/C26H33N7O2/c1-3-4-15-31-22-23(29-26(31)30-14-5-7-20(27)12-17-30)32-16-6-13-28-25(32)33(24(22)34)18-19-8-10-21(35-2)11-9-19/h8-11,20H,5-7,12-18,27H2,1-2H3. The number of rotatable bonds is 5. The van der Waals surface area contributed by atoms with Gasteiger partial charge in [0.15, 0.2) is 11.5 Å². The zero-order valence-electron chi connectivity index (χ0n) is 20.5. The van der Waals surface area contributed by atoms with Crippen molar-refractivity contribution in [1.82, 2.24) is 14.5 Å². The Labute approximate surface area is 206 Å². The van der Waals surface area contributed by atoms with Crippen LogP contribution in [0.25, 0.3) is 0 Å². The highest BCUT2D eigenvalue weighted by atomic mass is 16.5. The van der Waals surface area contributed by atoms with Crippen molar-refractivity contribution in [2.75, 3.05) is 43.1 Å². The second-order valence-electron chi connectivity index (χ2n) is 9.20. The van der Waals surface area contributed by atoms with Gasteiger partial charge in [-0.2, -0.15) is 4.98 Å². The van der Waals surface area contributed by atoms with E-state index in [1.165, 1.54) is 0 Å². The highest BCUT2D eigenvalue weighted by Crippen LogP contribution is 2.35. The van der Waals surface area contributed by atoms with Gasteiger partial charge in [0.1, 0.15) is 5.75 Å². The Morgan fingerprint density at radius 2 is 1.97 bits per heavy atom. The van der Waals surface area contributed by atoms with E-state index in [0.717, 1.165) is 62.6 Å². The lowest BCUT2D eigenvalue weighted by atomic mass is 10.1. The fourth-order valence-electron chi connectivity index (χ4n) is 5.00. The van der Waals surface area contributed by atoms with Gasteiger partial charge >= 0.3 is 0 Å². The number of ether oxygens (including phenoxy) is 1. The lowest BCUT2D eigenvalue weighted by Crippen LogP contribution is -2.54. The van der Waals surface area contributed by atoms with Crippen molar-refractivity contribution < 1.29 is 9.53 Å². The van der Waals surface area contributed by atoms with Gasteiger partial charge in [0.2, 0.25) is 11.9 Å². The number of methoxy groups -OCH3 is 1. The number of nitrogens with zero attached hydrogens (tertiary/aromatic N) is 6. The second kappa shape index (κ2) is 10.0. The fourth-order valence-corrected chi connectivity index (χ4v) is 5.00. The summed E-state index contributed by atoms with van der Waals surface area (Å²) in [4.78, 5) is 30.0. The molecule has 184 valence electrons. The zero-order chi connectivity index (χ0) is 24.4. The Morgan fingerprint density at radius 1 is 1.14 bits per heavy atom. The topological polar surface area (TPSA) is 92.2 Å². The highest BCUT2D eigenvalue weighted by Gasteiger charge is 2.41. The Bertz CT molecular complexity index is 1170. The molecular weight excluding hydrogens is 442 g/mol. The summed E-state index contributed by atoms with van der Waals surface area (Å²) in [6.45, 7) is 5.83. The minimum Gasteiger partial charge on any atom is -0.497 e. The first-order valence-corrected chi connectivity index (χ1v) is 12.4. The molecule has 1 saturated heterocycles. The summed E-state index contributed by atoms with van der Waals surface area (Å²) in [5.41, 5.74) is 7.84. The first-order valence-electron chi connectivity index (χ1n) is 12.4. The summed E-state index contributed by atoms with van der Waals surface area (Å²) >= 11 is 0. The number of guanidine groups is 1. The van der Waals surface area contributed by atoms with E-state index in [1.54, 1.807) is 12.0 Å². The van der Waals surface area contributed by atoms with Crippen LogP contribution in [0, 0.1) is 11.8 Å². The Kier molecular flexibility index (Phi) is 6.64. The quantitative estimate of drug-likeness (QED) is 0.668. The molecule has 1 unspecified atom stereocenters. The zero-order valence-corrected chi connectivity index (χ0v) is 20.5. The van der Waals surface area contributed by atoms with Crippen molar-refractivity contribution in [3.05, 3.63) is 35.5 Å². The Balaban J connectivity index is 1.57. The van der Waals surface area contributed by atoms with Crippen molar-refractivity contribution in [3.63, 3.8) is 0 Å². The predicted octanol–water partition coefficient (Wildman–Crippen LogP) is 2.45. The molecule has 0 bridgehead atoms. The first kappa shape index (κ1) is 23.2. The monoisotopic (exact) mass is 475 g/mol. The van der Waals surface area contributed by atoms with Gasteiger partial charge in [-0.3, -0.25) is 24.2 Å². The molecule has 0 radical (unpaired) electrons. The molecule has 0 aliphatic carbocycles. The van der Waals surface area contributed by atoms with Gasteiger partial charge in [-0.1, -0.05) is 18.1 Å². The van der Waals surface area contributed by atoms with Crippen molar-refractivity contribution in [2.24, 2.45) is 10.7 Å². The van der Waals surface area contributed by atoms with Crippen molar-refractivity contribution in [1.29, 1.82) is 0 Å². The molecule has 2 aromatic rings. The number of aromatic nitrogens is 2. The molecule has 0 spiro atoms. The molecule has 1 atom stereocenters. The molecule has 9 heteroatoms. The van der Waals surface area contributed by atoms with Gasteiger partial charge in [-0.05, 0) is 50.3 Å². The van der Waals surface area contributed by atoms with E-state index in [0.29, 0.717) is 37.1 Å². The number of aliphatic imine (C=N–C) groups is 1. The fraction of sp³-hybridized carbons (Fsp3) is 0.500. The number of carbonyl (C=O) groups excluding carboxylic acids is 1. The van der Waals surface area contributed by atoms with E-state index < -0.39 is 0 Å². The number of amides is 1. The van der Waals surface area contributed by atoms with Crippen LogP contribution >= 0.6 is 0 Å². The average Bonchev–Trinajstić information content (AvgIpc) is 3.13. The lowest BCUT2D eigenvalue weighted by Gasteiger charge is -2.38. The lowest BCUT2D eigenvalue weighted by molar-refractivity contribution is 0.0821. The van der Waals surface area contributed by atoms with E-state index in [2.05, 4.69) is 21.6 Å². The van der Waals surface area contributed by atoms with Crippen LogP contribution in [0.5, 0.6) is 5.75 Å². The van der Waals surface area contributed by atoms with Gasteiger partial charge in [-0.15, -0.1) is 5.92 Å². The SMILES string of the molecule is CC#CCn1c(N2CCCC(N)CC2)nc2c1C(=O)N(Cc1ccc(OC)cc1)C1=NCCCN12. The number of carbonyl (C=O) groups is 1. The highest BCUT2D eigenvalue weighted by molar-refractivity contribution is 6.17. The normalized spacial score (nSPS) is 19.9. The molecule has 3 aliphatic heterocycles. The van der Waals surface area contributed by atoms with Crippen molar-refractivity contribution >= 4 is 23.6 Å². The smallest absolute Gasteiger partial charge is 0.281 e. The van der Waals surface area contributed by atoms with E-state index in [1.807, 2.05) is 35.8 Å². The Morgan fingerprint density at radius 3 is 2.74 bits per heavy atom. The maximum absolute atomic E-state index is 14.0. The van der Waals surface area contributed by atoms with Crippen LogP contribution < -0.4 is 20.3 Å². The molecule has 1 aromatic heterocycles. The van der Waals surface area contributed by atoms with Crippen LogP contribution in [-0.2, 0) is 13.1 Å². The molecule has 0 saturated carbocycles. The van der Waals surface area contributed by atoms with E-state index in [4.69, 9.17) is 20.4 Å². The van der Waals surface area contributed by atoms with Crippen LogP contribution in [0.15, 0.2) is 29.3 Å². The molecule has 3 aliphatic rings. The molecule has 4 heterocycles. The molecule has 35 heavy (non-hydrogen) atoms. The molecule has 1 amide bonds. The van der Waals surface area contributed by atoms with E-state index in [9.17, 15) is 4.79 Å². The molecule has 9 nitrogen and oxygen atoms in total. The molecular formula is C26H33N7O2. The predicted molar refractivity (Wildman–Crippen MR) is 137 cm³/mol. The van der Waals surface area contributed by atoms with Gasteiger partial charge in [0.25, 0.3) is 5.91 Å². The van der Waals surface area contributed by atoms with E-state index >= 15 is 0 Å². The van der Waals surface area contributed by atoms with Gasteiger partial charge in [0, 0.05) is 32.2 Å². The number of anilines is 2. The third kappa shape index (κ3) is 4.46.